The van der Waals surface area contributed by atoms with Crippen LogP contribution in [0, 0.1) is 0 Å². The molecule has 1 aromatic heterocycles. The van der Waals surface area contributed by atoms with Crippen molar-refractivity contribution in [2.24, 2.45) is 0 Å². The van der Waals surface area contributed by atoms with Gasteiger partial charge in [-0.2, -0.15) is 0 Å². The molecule has 0 radical (unpaired) electrons. The Morgan fingerprint density at radius 3 is 3.00 bits per heavy atom. The SMILES string of the molecule is CC1(C)C[C@H](O)c2cccc(NCc3noc4c3CCCC4)c2O1. The van der Waals surface area contributed by atoms with Crippen molar-refractivity contribution >= 4 is 5.69 Å². The van der Waals surface area contributed by atoms with E-state index in [0.717, 1.165) is 41.3 Å². The van der Waals surface area contributed by atoms with Gasteiger partial charge < -0.3 is 19.7 Å². The largest absolute Gasteiger partial charge is 0.485 e. The number of anilines is 1. The number of hydrogen-bond donors (Lipinski definition) is 2. The van der Waals surface area contributed by atoms with Crippen LogP contribution < -0.4 is 10.1 Å². The molecule has 0 bridgehead atoms. The van der Waals surface area contributed by atoms with E-state index in [2.05, 4.69) is 10.5 Å². The highest BCUT2D eigenvalue weighted by Crippen LogP contribution is 2.43. The summed E-state index contributed by atoms with van der Waals surface area (Å²) < 4.78 is 11.6. The first kappa shape index (κ1) is 15.5. The summed E-state index contributed by atoms with van der Waals surface area (Å²) in [5.74, 6) is 1.79. The molecular weight excluding hydrogens is 304 g/mol. The van der Waals surface area contributed by atoms with Gasteiger partial charge in [0.05, 0.1) is 18.3 Å². The van der Waals surface area contributed by atoms with Gasteiger partial charge >= 0.3 is 0 Å². The molecular formula is C19H24N2O3. The number of nitrogens with one attached hydrogen (secondary N) is 1. The molecule has 128 valence electrons. The second-order valence-corrected chi connectivity index (χ2v) is 7.40. The van der Waals surface area contributed by atoms with E-state index in [0.29, 0.717) is 13.0 Å². The highest BCUT2D eigenvalue weighted by molar-refractivity contribution is 5.62. The number of para-hydroxylation sites is 1. The van der Waals surface area contributed by atoms with Gasteiger partial charge in [0.2, 0.25) is 0 Å². The van der Waals surface area contributed by atoms with Gasteiger partial charge in [-0.3, -0.25) is 0 Å². The number of benzene rings is 1. The standard InChI is InChI=1S/C19H24N2O3/c1-19(2)10-16(22)13-7-5-8-14(18(13)23-19)20-11-15-12-6-3-4-9-17(12)24-21-15/h5,7-8,16,20,22H,3-4,6,9-11H2,1-2H3/t16-/m0/s1. The Kier molecular flexibility index (Phi) is 3.76. The van der Waals surface area contributed by atoms with Crippen LogP contribution in [0.15, 0.2) is 22.7 Å². The van der Waals surface area contributed by atoms with E-state index < -0.39 is 6.10 Å². The third kappa shape index (κ3) is 2.77. The van der Waals surface area contributed by atoms with Crippen molar-refractivity contribution < 1.29 is 14.4 Å². The Balaban J connectivity index is 1.58. The molecule has 1 atom stereocenters. The van der Waals surface area contributed by atoms with Crippen molar-refractivity contribution in [3.63, 3.8) is 0 Å². The molecule has 5 nitrogen and oxygen atoms in total. The normalized spacial score (nSPS) is 21.5. The van der Waals surface area contributed by atoms with E-state index in [1.54, 1.807) is 0 Å². The summed E-state index contributed by atoms with van der Waals surface area (Å²) in [7, 11) is 0. The van der Waals surface area contributed by atoms with Gasteiger partial charge in [0, 0.05) is 24.0 Å². The number of aliphatic hydroxyl groups excluding tert-OH is 1. The summed E-state index contributed by atoms with van der Waals surface area (Å²) in [6, 6.07) is 5.86. The summed E-state index contributed by atoms with van der Waals surface area (Å²) in [4.78, 5) is 0. The zero-order chi connectivity index (χ0) is 16.7. The van der Waals surface area contributed by atoms with Gasteiger partial charge in [0.1, 0.15) is 22.8 Å². The van der Waals surface area contributed by atoms with Crippen molar-refractivity contribution in [3.8, 4) is 5.75 Å². The number of aryl methyl sites for hydroxylation is 1. The molecule has 0 amide bonds. The fourth-order valence-electron chi connectivity index (χ4n) is 3.73. The van der Waals surface area contributed by atoms with E-state index in [4.69, 9.17) is 9.26 Å². The first-order valence-electron chi connectivity index (χ1n) is 8.74. The maximum absolute atomic E-state index is 10.4. The Morgan fingerprint density at radius 1 is 1.29 bits per heavy atom. The molecule has 0 fully saturated rings. The second-order valence-electron chi connectivity index (χ2n) is 7.40. The van der Waals surface area contributed by atoms with Crippen molar-refractivity contribution in [1.82, 2.24) is 5.16 Å². The minimum atomic E-state index is -0.495. The minimum Gasteiger partial charge on any atom is -0.485 e. The van der Waals surface area contributed by atoms with Crippen LogP contribution in [0.4, 0.5) is 5.69 Å². The van der Waals surface area contributed by atoms with Crippen LogP contribution in [-0.2, 0) is 19.4 Å². The van der Waals surface area contributed by atoms with Gasteiger partial charge in [-0.25, -0.2) is 0 Å². The number of hydrogen-bond acceptors (Lipinski definition) is 5. The van der Waals surface area contributed by atoms with Crippen LogP contribution >= 0.6 is 0 Å². The zero-order valence-electron chi connectivity index (χ0n) is 14.3. The Labute approximate surface area is 142 Å². The summed E-state index contributed by atoms with van der Waals surface area (Å²) in [5.41, 5.74) is 3.61. The summed E-state index contributed by atoms with van der Waals surface area (Å²) >= 11 is 0. The van der Waals surface area contributed by atoms with Crippen LogP contribution in [0.25, 0.3) is 0 Å². The second kappa shape index (κ2) is 5.81. The van der Waals surface area contributed by atoms with E-state index in [1.165, 1.54) is 18.4 Å². The van der Waals surface area contributed by atoms with E-state index in [-0.39, 0.29) is 5.60 Å². The summed E-state index contributed by atoms with van der Waals surface area (Å²) in [5, 5.41) is 18.1. The Morgan fingerprint density at radius 2 is 2.12 bits per heavy atom. The van der Waals surface area contributed by atoms with Gasteiger partial charge in [0.25, 0.3) is 0 Å². The van der Waals surface area contributed by atoms with Gasteiger partial charge in [-0.05, 0) is 39.2 Å². The molecule has 1 aliphatic heterocycles. The van der Waals surface area contributed by atoms with Crippen molar-refractivity contribution in [2.75, 3.05) is 5.32 Å². The van der Waals surface area contributed by atoms with Crippen LogP contribution in [0.1, 0.15) is 61.8 Å². The van der Waals surface area contributed by atoms with Gasteiger partial charge in [-0.15, -0.1) is 0 Å². The monoisotopic (exact) mass is 328 g/mol. The quantitative estimate of drug-likeness (QED) is 0.898. The highest BCUT2D eigenvalue weighted by atomic mass is 16.5. The molecule has 4 rings (SSSR count). The van der Waals surface area contributed by atoms with Gasteiger partial charge in [0.15, 0.2) is 0 Å². The van der Waals surface area contributed by atoms with E-state index in [1.807, 2.05) is 32.0 Å². The van der Waals surface area contributed by atoms with Gasteiger partial charge in [-0.1, -0.05) is 17.3 Å². The number of rotatable bonds is 3. The lowest BCUT2D eigenvalue weighted by molar-refractivity contribution is 0.0122. The molecule has 2 N–H and O–H groups in total. The zero-order valence-corrected chi connectivity index (χ0v) is 14.3. The molecule has 0 spiro atoms. The molecule has 0 saturated carbocycles. The summed E-state index contributed by atoms with van der Waals surface area (Å²) in [6.45, 7) is 4.61. The maximum Gasteiger partial charge on any atom is 0.149 e. The molecule has 0 saturated heterocycles. The van der Waals surface area contributed by atoms with Crippen molar-refractivity contribution in [2.45, 2.75) is 64.2 Å². The average molecular weight is 328 g/mol. The smallest absolute Gasteiger partial charge is 0.149 e. The first-order valence-corrected chi connectivity index (χ1v) is 8.74. The predicted octanol–water partition coefficient (Wildman–Crippen LogP) is 3.76. The molecule has 5 heteroatoms. The molecule has 2 aliphatic rings. The fraction of sp³-hybridized carbons (Fsp3) is 0.526. The fourth-order valence-corrected chi connectivity index (χ4v) is 3.73. The van der Waals surface area contributed by atoms with Crippen LogP contribution in [-0.4, -0.2) is 15.9 Å². The number of nitrogens with zero attached hydrogens (tertiary/aromatic N) is 1. The lowest BCUT2D eigenvalue weighted by atomic mass is 9.91. The molecule has 1 aliphatic carbocycles. The minimum absolute atomic E-state index is 0.378. The van der Waals surface area contributed by atoms with Crippen molar-refractivity contribution in [3.05, 3.63) is 40.8 Å². The first-order chi connectivity index (χ1) is 11.5. The number of aliphatic hydroxyl groups is 1. The molecule has 1 aromatic carbocycles. The Hall–Kier alpha value is -2.01. The third-order valence-electron chi connectivity index (χ3n) is 4.95. The van der Waals surface area contributed by atoms with Crippen LogP contribution in [0.3, 0.4) is 0 Å². The number of fused-ring (bicyclic) bond motifs is 2. The topological polar surface area (TPSA) is 67.5 Å². The summed E-state index contributed by atoms with van der Waals surface area (Å²) in [6.07, 6.45) is 4.52. The molecule has 2 heterocycles. The van der Waals surface area contributed by atoms with E-state index in [9.17, 15) is 5.11 Å². The molecule has 0 unspecified atom stereocenters. The van der Waals surface area contributed by atoms with Crippen LogP contribution in [0.5, 0.6) is 5.75 Å². The maximum atomic E-state index is 10.4. The lowest BCUT2D eigenvalue weighted by Crippen LogP contribution is -2.35. The Bertz CT molecular complexity index is 751. The number of aromatic nitrogens is 1. The number of ether oxygens (including phenoxy) is 1. The average Bonchev–Trinajstić information content (AvgIpc) is 2.95. The third-order valence-corrected chi connectivity index (χ3v) is 4.95. The van der Waals surface area contributed by atoms with Crippen LogP contribution in [0.2, 0.25) is 0 Å². The molecule has 24 heavy (non-hydrogen) atoms. The van der Waals surface area contributed by atoms with Crippen molar-refractivity contribution in [1.29, 1.82) is 0 Å². The lowest BCUT2D eigenvalue weighted by Gasteiger charge is -2.36. The molecule has 2 aromatic rings. The predicted molar refractivity (Wildman–Crippen MR) is 91.2 cm³/mol. The van der Waals surface area contributed by atoms with E-state index >= 15 is 0 Å². The highest BCUT2D eigenvalue weighted by Gasteiger charge is 2.34.